The van der Waals surface area contributed by atoms with Crippen LogP contribution in [0.2, 0.25) is 0 Å². The Kier molecular flexibility index (Phi) is 4.42. The molecule has 6 atom stereocenters. The van der Waals surface area contributed by atoms with Crippen molar-refractivity contribution in [3.05, 3.63) is 12.4 Å². The number of rotatable bonds is 5. The van der Waals surface area contributed by atoms with Gasteiger partial charge in [-0.15, -0.1) is 0 Å². The molecule has 0 spiro atoms. The molecule has 150 valence electrons. The number of esters is 3. The Bertz CT molecular complexity index is 703. The van der Waals surface area contributed by atoms with Crippen molar-refractivity contribution in [3.8, 4) is 0 Å². The highest BCUT2D eigenvalue weighted by Crippen LogP contribution is 2.59. The fourth-order valence-corrected chi connectivity index (χ4v) is 4.00. The van der Waals surface area contributed by atoms with Crippen molar-refractivity contribution in [3.63, 3.8) is 0 Å². The molecule has 0 aromatic rings. The summed E-state index contributed by atoms with van der Waals surface area (Å²) in [7, 11) is 0. The Morgan fingerprint density at radius 2 is 1.81 bits per heavy atom. The van der Waals surface area contributed by atoms with E-state index in [9.17, 15) is 40.7 Å². The summed E-state index contributed by atoms with van der Waals surface area (Å²) in [5.74, 6) is -14.6. The molecule has 27 heavy (non-hydrogen) atoms. The Morgan fingerprint density at radius 3 is 2.37 bits per heavy atom. The SMILES string of the molecule is C=C(F)C(=O)OC1C2CC3C1OC(=O)C3C2C(=O)OCC(F)(F)C(F)(F)F. The van der Waals surface area contributed by atoms with Gasteiger partial charge in [-0.3, -0.25) is 9.59 Å². The average Bonchev–Trinajstić information content (AvgIpc) is 3.14. The van der Waals surface area contributed by atoms with Crippen LogP contribution in [0.15, 0.2) is 12.4 Å². The first kappa shape index (κ1) is 19.5. The molecule has 6 unspecified atom stereocenters. The van der Waals surface area contributed by atoms with Crippen molar-refractivity contribution in [2.75, 3.05) is 6.61 Å². The predicted molar refractivity (Wildman–Crippen MR) is 70.5 cm³/mol. The second-order valence-electron chi connectivity index (χ2n) is 6.60. The van der Waals surface area contributed by atoms with Crippen LogP contribution in [-0.2, 0) is 28.6 Å². The van der Waals surface area contributed by atoms with E-state index in [0.717, 1.165) is 0 Å². The maximum Gasteiger partial charge on any atom is 0.456 e. The van der Waals surface area contributed by atoms with Crippen LogP contribution in [0.5, 0.6) is 0 Å². The largest absolute Gasteiger partial charge is 0.459 e. The molecule has 12 heteroatoms. The molecule has 0 aromatic carbocycles. The smallest absolute Gasteiger partial charge is 0.456 e. The zero-order chi connectivity index (χ0) is 20.3. The molecule has 0 radical (unpaired) electrons. The number of hydrogen-bond donors (Lipinski definition) is 0. The van der Waals surface area contributed by atoms with Gasteiger partial charge in [0.1, 0.15) is 12.2 Å². The summed E-state index contributed by atoms with van der Waals surface area (Å²) in [4.78, 5) is 35.5. The summed E-state index contributed by atoms with van der Waals surface area (Å²) in [6.07, 6.45) is -8.01. The molecule has 2 saturated carbocycles. The van der Waals surface area contributed by atoms with Crippen LogP contribution in [0.25, 0.3) is 0 Å². The summed E-state index contributed by atoms with van der Waals surface area (Å²) in [6.45, 7) is 0.489. The molecule has 0 amide bonds. The first-order chi connectivity index (χ1) is 12.3. The highest BCUT2D eigenvalue weighted by molar-refractivity contribution is 5.87. The molecule has 0 aromatic heterocycles. The van der Waals surface area contributed by atoms with Crippen molar-refractivity contribution >= 4 is 17.9 Å². The minimum absolute atomic E-state index is 0.104. The van der Waals surface area contributed by atoms with Crippen LogP contribution in [0.1, 0.15) is 6.42 Å². The molecular formula is C15H12F6O6. The first-order valence-electron chi connectivity index (χ1n) is 7.72. The topological polar surface area (TPSA) is 78.9 Å². The van der Waals surface area contributed by atoms with Crippen molar-refractivity contribution in [1.29, 1.82) is 0 Å². The number of ether oxygens (including phenoxy) is 3. The van der Waals surface area contributed by atoms with E-state index in [1.165, 1.54) is 0 Å². The van der Waals surface area contributed by atoms with E-state index in [1.807, 2.05) is 0 Å². The molecule has 2 aliphatic carbocycles. The molecule has 2 bridgehead atoms. The van der Waals surface area contributed by atoms with Crippen molar-refractivity contribution in [1.82, 2.24) is 0 Å². The molecule has 3 rings (SSSR count). The Morgan fingerprint density at radius 1 is 1.19 bits per heavy atom. The third-order valence-corrected chi connectivity index (χ3v) is 5.09. The van der Waals surface area contributed by atoms with Gasteiger partial charge < -0.3 is 14.2 Å². The van der Waals surface area contributed by atoms with Gasteiger partial charge >= 0.3 is 30.0 Å². The number of halogens is 6. The van der Waals surface area contributed by atoms with Gasteiger partial charge in [0.05, 0.1) is 11.8 Å². The fraction of sp³-hybridized carbons (Fsp3) is 0.667. The van der Waals surface area contributed by atoms with Crippen molar-refractivity contribution in [2.45, 2.75) is 30.7 Å². The van der Waals surface area contributed by atoms with Crippen LogP contribution in [0.3, 0.4) is 0 Å². The van der Waals surface area contributed by atoms with Gasteiger partial charge in [-0.2, -0.15) is 26.3 Å². The second kappa shape index (κ2) is 6.13. The fourth-order valence-electron chi connectivity index (χ4n) is 4.00. The minimum atomic E-state index is -5.92. The highest BCUT2D eigenvalue weighted by Gasteiger charge is 2.70. The van der Waals surface area contributed by atoms with Crippen LogP contribution in [0, 0.1) is 23.7 Å². The summed E-state index contributed by atoms with van der Waals surface area (Å²) >= 11 is 0. The van der Waals surface area contributed by atoms with E-state index in [0.29, 0.717) is 0 Å². The van der Waals surface area contributed by atoms with Crippen LogP contribution in [-0.4, -0.2) is 48.8 Å². The van der Waals surface area contributed by atoms with E-state index in [1.54, 1.807) is 0 Å². The van der Waals surface area contributed by atoms with E-state index in [2.05, 4.69) is 11.3 Å². The Balaban J connectivity index is 1.75. The number of fused-ring (bicyclic) bond motifs is 1. The number of hydrogen-bond acceptors (Lipinski definition) is 6. The predicted octanol–water partition coefficient (Wildman–Crippen LogP) is 1.93. The third kappa shape index (κ3) is 3.04. The number of carbonyl (C=O) groups is 3. The lowest BCUT2D eigenvalue weighted by Crippen LogP contribution is -2.46. The normalized spacial score (nSPS) is 34.4. The number of alkyl halides is 5. The standard InChI is InChI=1S/C15H12F6O6/c1-4(16)11(22)26-9-5-2-6-8(13(24)27-10(6)9)7(5)12(23)25-3-14(17,18)15(19,20)21/h5-10H,1-3H2. The Hall–Kier alpha value is -2.27. The van der Waals surface area contributed by atoms with E-state index >= 15 is 0 Å². The van der Waals surface area contributed by atoms with Gasteiger partial charge in [0.25, 0.3) is 0 Å². The van der Waals surface area contributed by atoms with E-state index < -0.39 is 78.3 Å². The monoisotopic (exact) mass is 402 g/mol. The third-order valence-electron chi connectivity index (χ3n) is 5.09. The van der Waals surface area contributed by atoms with E-state index in [4.69, 9.17) is 9.47 Å². The molecule has 0 N–H and O–H groups in total. The van der Waals surface area contributed by atoms with E-state index in [-0.39, 0.29) is 6.42 Å². The molecule has 1 heterocycles. The summed E-state index contributed by atoms with van der Waals surface area (Å²) in [5, 5.41) is 0. The molecular weight excluding hydrogens is 390 g/mol. The molecule has 1 saturated heterocycles. The van der Waals surface area contributed by atoms with Gasteiger partial charge in [-0.1, -0.05) is 6.58 Å². The molecule has 3 aliphatic rings. The Labute approximate surface area is 147 Å². The van der Waals surface area contributed by atoms with Crippen LogP contribution < -0.4 is 0 Å². The zero-order valence-electron chi connectivity index (χ0n) is 13.3. The quantitative estimate of drug-likeness (QED) is 0.303. The van der Waals surface area contributed by atoms with Gasteiger partial charge in [0.15, 0.2) is 6.61 Å². The summed E-state index contributed by atoms with van der Waals surface area (Å²) in [6, 6.07) is 0. The first-order valence-corrected chi connectivity index (χ1v) is 7.72. The lowest BCUT2D eigenvalue weighted by molar-refractivity contribution is -0.294. The maximum absolute atomic E-state index is 13.0. The van der Waals surface area contributed by atoms with Gasteiger partial charge in [0.2, 0.25) is 5.83 Å². The summed E-state index contributed by atoms with van der Waals surface area (Å²) in [5.41, 5.74) is 0. The lowest BCUT2D eigenvalue weighted by Gasteiger charge is -2.30. The van der Waals surface area contributed by atoms with Crippen molar-refractivity contribution in [2.24, 2.45) is 23.7 Å². The molecule has 6 nitrogen and oxygen atoms in total. The second-order valence-corrected chi connectivity index (χ2v) is 6.60. The zero-order valence-corrected chi connectivity index (χ0v) is 13.3. The highest BCUT2D eigenvalue weighted by atomic mass is 19.4. The van der Waals surface area contributed by atoms with Gasteiger partial charge in [0, 0.05) is 11.8 Å². The average molecular weight is 402 g/mol. The summed E-state index contributed by atoms with van der Waals surface area (Å²) < 4.78 is 89.3. The maximum atomic E-state index is 13.0. The lowest BCUT2D eigenvalue weighted by atomic mass is 9.78. The van der Waals surface area contributed by atoms with Crippen LogP contribution in [0.4, 0.5) is 26.3 Å². The molecule has 1 aliphatic heterocycles. The van der Waals surface area contributed by atoms with Crippen LogP contribution >= 0.6 is 0 Å². The van der Waals surface area contributed by atoms with Gasteiger partial charge in [-0.25, -0.2) is 4.79 Å². The van der Waals surface area contributed by atoms with Crippen molar-refractivity contribution < 1.29 is 54.9 Å². The number of carbonyl (C=O) groups excluding carboxylic acids is 3. The van der Waals surface area contributed by atoms with Gasteiger partial charge in [-0.05, 0) is 6.42 Å². The molecule has 3 fully saturated rings. The minimum Gasteiger partial charge on any atom is -0.459 e.